The number of fused-ring (bicyclic) bond motifs is 1. The van der Waals surface area contributed by atoms with Gasteiger partial charge in [-0.05, 0) is 63.4 Å². The van der Waals surface area contributed by atoms with Gasteiger partial charge >= 0.3 is 0 Å². The number of aromatic nitrogens is 2. The van der Waals surface area contributed by atoms with Crippen molar-refractivity contribution in [3.63, 3.8) is 0 Å². The van der Waals surface area contributed by atoms with Gasteiger partial charge in [-0.15, -0.1) is 0 Å². The Morgan fingerprint density at radius 3 is 2.46 bits per heavy atom. The third kappa shape index (κ3) is 3.59. The molecule has 1 fully saturated rings. The number of pyridine rings is 2. The SMILES string of the molecule is CC(C)n1c(=O)c(F)cc2cnc(Nc3ccc(N4CCCCC4)cc3)cc21. The molecule has 0 saturated carbocycles. The summed E-state index contributed by atoms with van der Waals surface area (Å²) in [7, 11) is 0. The molecule has 4 rings (SSSR count). The third-order valence-corrected chi connectivity index (χ3v) is 5.25. The lowest BCUT2D eigenvalue weighted by molar-refractivity contribution is 0.542. The zero-order chi connectivity index (χ0) is 19.7. The van der Waals surface area contributed by atoms with Crippen molar-refractivity contribution in [1.29, 1.82) is 0 Å². The number of hydrogen-bond acceptors (Lipinski definition) is 4. The van der Waals surface area contributed by atoms with Gasteiger partial charge in [0.2, 0.25) is 0 Å². The summed E-state index contributed by atoms with van der Waals surface area (Å²) in [5, 5.41) is 3.90. The molecule has 28 heavy (non-hydrogen) atoms. The van der Waals surface area contributed by atoms with E-state index in [1.54, 1.807) is 12.3 Å². The Hall–Kier alpha value is -2.89. The van der Waals surface area contributed by atoms with E-state index >= 15 is 0 Å². The van der Waals surface area contributed by atoms with Crippen molar-refractivity contribution in [3.05, 3.63) is 58.8 Å². The summed E-state index contributed by atoms with van der Waals surface area (Å²) >= 11 is 0. The van der Waals surface area contributed by atoms with E-state index in [-0.39, 0.29) is 6.04 Å². The van der Waals surface area contributed by atoms with Gasteiger partial charge in [-0.2, -0.15) is 0 Å². The number of nitrogens with one attached hydrogen (secondary N) is 1. The maximum atomic E-state index is 13.9. The van der Waals surface area contributed by atoms with Gasteiger partial charge in [-0.25, -0.2) is 9.37 Å². The predicted octanol–water partition coefficient (Wildman–Crippen LogP) is 4.85. The number of benzene rings is 1. The van der Waals surface area contributed by atoms with E-state index in [0.29, 0.717) is 16.7 Å². The van der Waals surface area contributed by atoms with Gasteiger partial charge in [0, 0.05) is 48.2 Å². The first-order chi connectivity index (χ1) is 13.5. The third-order valence-electron chi connectivity index (χ3n) is 5.25. The molecule has 0 spiro atoms. The second-order valence-electron chi connectivity index (χ2n) is 7.61. The maximum absolute atomic E-state index is 13.9. The van der Waals surface area contributed by atoms with Crippen LogP contribution in [0.4, 0.5) is 21.6 Å². The van der Waals surface area contributed by atoms with Crippen LogP contribution in [0.25, 0.3) is 10.9 Å². The van der Waals surface area contributed by atoms with Crippen molar-refractivity contribution in [2.24, 2.45) is 0 Å². The normalized spacial score (nSPS) is 14.6. The van der Waals surface area contributed by atoms with Crippen LogP contribution in [0.5, 0.6) is 0 Å². The number of piperidine rings is 1. The Labute approximate surface area is 163 Å². The second kappa shape index (κ2) is 7.62. The van der Waals surface area contributed by atoms with Gasteiger partial charge in [0.05, 0.1) is 5.52 Å². The molecule has 0 aliphatic carbocycles. The number of halogens is 1. The van der Waals surface area contributed by atoms with Crippen molar-refractivity contribution in [3.8, 4) is 0 Å². The summed E-state index contributed by atoms with van der Waals surface area (Å²) in [6, 6.07) is 11.2. The largest absolute Gasteiger partial charge is 0.372 e. The lowest BCUT2D eigenvalue weighted by atomic mass is 10.1. The molecule has 0 amide bonds. The highest BCUT2D eigenvalue weighted by Crippen LogP contribution is 2.25. The van der Waals surface area contributed by atoms with Gasteiger partial charge in [0.15, 0.2) is 5.82 Å². The molecule has 0 unspecified atom stereocenters. The highest BCUT2D eigenvalue weighted by atomic mass is 19.1. The first kappa shape index (κ1) is 18.5. The summed E-state index contributed by atoms with van der Waals surface area (Å²) in [6.45, 7) is 5.96. The quantitative estimate of drug-likeness (QED) is 0.703. The average Bonchev–Trinajstić information content (AvgIpc) is 2.70. The lowest BCUT2D eigenvalue weighted by Gasteiger charge is -2.28. The Kier molecular flexibility index (Phi) is 5.03. The van der Waals surface area contributed by atoms with Gasteiger partial charge in [0.25, 0.3) is 5.56 Å². The van der Waals surface area contributed by atoms with Crippen LogP contribution in [0.3, 0.4) is 0 Å². The molecule has 0 bridgehead atoms. The predicted molar refractivity (Wildman–Crippen MR) is 112 cm³/mol. The molecule has 1 saturated heterocycles. The lowest BCUT2D eigenvalue weighted by Crippen LogP contribution is -2.29. The number of anilines is 3. The molecule has 1 N–H and O–H groups in total. The highest BCUT2D eigenvalue weighted by molar-refractivity contribution is 5.81. The molecule has 3 aromatic rings. The van der Waals surface area contributed by atoms with Gasteiger partial charge in [-0.3, -0.25) is 4.79 Å². The summed E-state index contributed by atoms with van der Waals surface area (Å²) in [5.74, 6) is -0.129. The molecule has 1 aliphatic heterocycles. The standard InChI is InChI=1S/C22H25FN4O/c1-15(2)27-20-13-21(24-14-16(20)12-19(23)22(27)28)25-17-6-8-18(9-7-17)26-10-4-3-5-11-26/h6-9,12-15H,3-5,10-11H2,1-2H3,(H,24,25). The van der Waals surface area contributed by atoms with E-state index < -0.39 is 11.4 Å². The Morgan fingerprint density at radius 1 is 1.07 bits per heavy atom. The maximum Gasteiger partial charge on any atom is 0.287 e. The zero-order valence-corrected chi connectivity index (χ0v) is 16.3. The second-order valence-corrected chi connectivity index (χ2v) is 7.61. The van der Waals surface area contributed by atoms with Crippen LogP contribution in [0.15, 0.2) is 47.4 Å². The first-order valence-corrected chi connectivity index (χ1v) is 9.86. The van der Waals surface area contributed by atoms with Crippen LogP contribution in [-0.4, -0.2) is 22.6 Å². The van der Waals surface area contributed by atoms with Crippen LogP contribution >= 0.6 is 0 Å². The van der Waals surface area contributed by atoms with Gasteiger partial charge in [-0.1, -0.05) is 0 Å². The first-order valence-electron chi connectivity index (χ1n) is 9.86. The van der Waals surface area contributed by atoms with Crippen LogP contribution in [0, 0.1) is 5.82 Å². The molecule has 0 atom stereocenters. The fourth-order valence-electron chi connectivity index (χ4n) is 3.83. The number of nitrogens with zero attached hydrogens (tertiary/aromatic N) is 3. The fraction of sp³-hybridized carbons (Fsp3) is 0.364. The van der Waals surface area contributed by atoms with Crippen molar-refractivity contribution in [2.75, 3.05) is 23.3 Å². The molecule has 2 aromatic heterocycles. The summed E-state index contributed by atoms with van der Waals surface area (Å²) in [5.41, 5.74) is 2.23. The summed E-state index contributed by atoms with van der Waals surface area (Å²) < 4.78 is 15.4. The van der Waals surface area contributed by atoms with Crippen molar-refractivity contribution in [2.45, 2.75) is 39.2 Å². The van der Waals surface area contributed by atoms with Crippen molar-refractivity contribution < 1.29 is 4.39 Å². The Morgan fingerprint density at radius 2 is 1.79 bits per heavy atom. The molecule has 1 aliphatic rings. The van der Waals surface area contributed by atoms with E-state index in [0.717, 1.165) is 18.8 Å². The smallest absolute Gasteiger partial charge is 0.287 e. The van der Waals surface area contributed by atoms with E-state index in [9.17, 15) is 9.18 Å². The van der Waals surface area contributed by atoms with Crippen molar-refractivity contribution >= 4 is 28.1 Å². The molecule has 146 valence electrons. The van der Waals surface area contributed by atoms with Crippen LogP contribution in [-0.2, 0) is 0 Å². The van der Waals surface area contributed by atoms with Crippen LogP contribution < -0.4 is 15.8 Å². The molecule has 5 nitrogen and oxygen atoms in total. The monoisotopic (exact) mass is 380 g/mol. The molecule has 1 aromatic carbocycles. The Bertz CT molecular complexity index is 1040. The minimum absolute atomic E-state index is 0.148. The van der Waals surface area contributed by atoms with E-state index in [4.69, 9.17) is 0 Å². The minimum Gasteiger partial charge on any atom is -0.372 e. The molecule has 3 heterocycles. The van der Waals surface area contributed by atoms with Crippen LogP contribution in [0.1, 0.15) is 39.2 Å². The van der Waals surface area contributed by atoms with Gasteiger partial charge in [0.1, 0.15) is 5.82 Å². The van der Waals surface area contributed by atoms with E-state index in [2.05, 4.69) is 27.3 Å². The topological polar surface area (TPSA) is 50.2 Å². The van der Waals surface area contributed by atoms with Crippen molar-refractivity contribution in [1.82, 2.24) is 9.55 Å². The summed E-state index contributed by atoms with van der Waals surface area (Å²) in [6.07, 6.45) is 5.41. The fourth-order valence-corrected chi connectivity index (χ4v) is 3.83. The number of rotatable bonds is 4. The van der Waals surface area contributed by atoms with E-state index in [1.807, 2.05) is 26.0 Å². The molecule has 0 radical (unpaired) electrons. The average molecular weight is 380 g/mol. The van der Waals surface area contributed by atoms with Gasteiger partial charge < -0.3 is 14.8 Å². The molecular weight excluding hydrogens is 355 g/mol. The van der Waals surface area contributed by atoms with E-state index in [1.165, 1.54) is 35.6 Å². The molecule has 6 heteroatoms. The zero-order valence-electron chi connectivity index (χ0n) is 16.3. The number of hydrogen-bond donors (Lipinski definition) is 1. The van der Waals surface area contributed by atoms with Crippen LogP contribution in [0.2, 0.25) is 0 Å². The highest BCUT2D eigenvalue weighted by Gasteiger charge is 2.13. The summed E-state index contributed by atoms with van der Waals surface area (Å²) in [4.78, 5) is 19.0. The minimum atomic E-state index is -0.753. The molecular formula is C22H25FN4O. The Balaban J connectivity index is 1.62.